The van der Waals surface area contributed by atoms with E-state index in [0.29, 0.717) is 0 Å². The fraction of sp³-hybridized carbons (Fsp3) is 0.727. The summed E-state index contributed by atoms with van der Waals surface area (Å²) in [6.07, 6.45) is 6.86. The second-order valence-corrected chi connectivity index (χ2v) is 4.54. The highest BCUT2D eigenvalue weighted by molar-refractivity contribution is 5.03. The van der Waals surface area contributed by atoms with E-state index in [4.69, 9.17) is 0 Å². The van der Waals surface area contributed by atoms with Gasteiger partial charge in [-0.1, -0.05) is 6.92 Å². The van der Waals surface area contributed by atoms with Gasteiger partial charge in [-0.2, -0.15) is 5.10 Å². The summed E-state index contributed by atoms with van der Waals surface area (Å²) in [6, 6.07) is 0. The van der Waals surface area contributed by atoms with E-state index in [1.807, 2.05) is 13.2 Å². The van der Waals surface area contributed by atoms with Crippen molar-refractivity contribution in [3.8, 4) is 0 Å². The maximum atomic E-state index is 4.36. The molecule has 0 saturated heterocycles. The molecular formula is C11H19N3. The first-order valence-corrected chi connectivity index (χ1v) is 5.44. The van der Waals surface area contributed by atoms with Gasteiger partial charge in [0.15, 0.2) is 0 Å². The minimum Gasteiger partial charge on any atom is -0.316 e. The van der Waals surface area contributed by atoms with Gasteiger partial charge in [0.1, 0.15) is 0 Å². The van der Waals surface area contributed by atoms with Crippen LogP contribution in [0.2, 0.25) is 0 Å². The lowest BCUT2D eigenvalue weighted by Crippen LogP contribution is -2.25. The van der Waals surface area contributed by atoms with Gasteiger partial charge in [-0.25, -0.2) is 0 Å². The van der Waals surface area contributed by atoms with Crippen LogP contribution in [0, 0.1) is 11.8 Å². The van der Waals surface area contributed by atoms with Gasteiger partial charge in [0.2, 0.25) is 0 Å². The Hall–Kier alpha value is -0.830. The van der Waals surface area contributed by atoms with Crippen molar-refractivity contribution in [2.75, 3.05) is 7.05 Å². The molecule has 0 amide bonds. The first-order chi connectivity index (χ1) is 6.78. The molecule has 1 aromatic rings. The van der Waals surface area contributed by atoms with Crippen molar-refractivity contribution in [1.29, 1.82) is 0 Å². The van der Waals surface area contributed by atoms with Crippen molar-refractivity contribution in [3.05, 3.63) is 18.0 Å². The molecule has 3 heteroatoms. The molecule has 1 heterocycles. The minimum absolute atomic E-state index is 0.868. The molecule has 14 heavy (non-hydrogen) atoms. The summed E-state index contributed by atoms with van der Waals surface area (Å²) < 4.78 is 2.09. The largest absolute Gasteiger partial charge is 0.316 e. The fourth-order valence-electron chi connectivity index (χ4n) is 2.28. The molecule has 1 fully saturated rings. The molecule has 0 bridgehead atoms. The third-order valence-electron chi connectivity index (χ3n) is 2.98. The van der Waals surface area contributed by atoms with E-state index in [1.165, 1.54) is 18.4 Å². The fourth-order valence-corrected chi connectivity index (χ4v) is 2.28. The van der Waals surface area contributed by atoms with Crippen molar-refractivity contribution in [2.24, 2.45) is 11.8 Å². The predicted molar refractivity (Wildman–Crippen MR) is 56.9 cm³/mol. The molecule has 0 aliphatic heterocycles. The van der Waals surface area contributed by atoms with Gasteiger partial charge in [-0.05, 0) is 31.7 Å². The van der Waals surface area contributed by atoms with Crippen molar-refractivity contribution >= 4 is 0 Å². The molecule has 1 aliphatic carbocycles. The highest BCUT2D eigenvalue weighted by Crippen LogP contribution is 2.33. The highest BCUT2D eigenvalue weighted by atomic mass is 15.3. The molecule has 1 aromatic heterocycles. The number of nitrogens with zero attached hydrogens (tertiary/aromatic N) is 2. The predicted octanol–water partition coefficient (Wildman–Crippen LogP) is 1.65. The molecule has 0 atom stereocenters. The van der Waals surface area contributed by atoms with E-state index in [2.05, 4.69) is 28.2 Å². The molecular weight excluding hydrogens is 174 g/mol. The normalized spacial score (nSPS) is 26.1. The Morgan fingerprint density at radius 1 is 1.57 bits per heavy atom. The molecule has 0 aromatic carbocycles. The first-order valence-electron chi connectivity index (χ1n) is 5.44. The first kappa shape index (κ1) is 9.71. The minimum atomic E-state index is 0.868. The smallest absolute Gasteiger partial charge is 0.0534 e. The molecule has 3 nitrogen and oxygen atoms in total. The summed E-state index contributed by atoms with van der Waals surface area (Å²) >= 11 is 0. The van der Waals surface area contributed by atoms with Gasteiger partial charge in [0.25, 0.3) is 0 Å². The lowest BCUT2D eigenvalue weighted by molar-refractivity contribution is 0.182. The molecule has 1 N–H and O–H groups in total. The van der Waals surface area contributed by atoms with Gasteiger partial charge in [0.05, 0.1) is 6.20 Å². The lowest BCUT2D eigenvalue weighted by atomic mass is 9.76. The number of hydrogen-bond donors (Lipinski definition) is 1. The highest BCUT2D eigenvalue weighted by Gasteiger charge is 2.25. The average Bonchev–Trinajstić information content (AvgIpc) is 2.51. The summed E-state index contributed by atoms with van der Waals surface area (Å²) in [6.45, 7) is 4.35. The van der Waals surface area contributed by atoms with E-state index in [1.54, 1.807) is 0 Å². The molecule has 78 valence electrons. The van der Waals surface area contributed by atoms with Crippen molar-refractivity contribution < 1.29 is 0 Å². The van der Waals surface area contributed by atoms with Crippen LogP contribution in [0.1, 0.15) is 25.3 Å². The zero-order chi connectivity index (χ0) is 9.97. The van der Waals surface area contributed by atoms with Crippen LogP contribution in [-0.4, -0.2) is 16.8 Å². The van der Waals surface area contributed by atoms with Crippen molar-refractivity contribution in [1.82, 2.24) is 15.1 Å². The Morgan fingerprint density at radius 3 is 3.00 bits per heavy atom. The van der Waals surface area contributed by atoms with Crippen molar-refractivity contribution in [2.45, 2.75) is 32.9 Å². The molecule has 2 rings (SSSR count). The van der Waals surface area contributed by atoms with Crippen molar-refractivity contribution in [3.63, 3.8) is 0 Å². The average molecular weight is 193 g/mol. The monoisotopic (exact) mass is 193 g/mol. The van der Waals surface area contributed by atoms with E-state index in [9.17, 15) is 0 Å². The van der Waals surface area contributed by atoms with Crippen LogP contribution in [0.25, 0.3) is 0 Å². The van der Waals surface area contributed by atoms with Crippen LogP contribution in [0.5, 0.6) is 0 Å². The van der Waals surface area contributed by atoms with Crippen LogP contribution in [0.15, 0.2) is 12.4 Å². The van der Waals surface area contributed by atoms with Crippen LogP contribution < -0.4 is 5.32 Å². The number of aromatic nitrogens is 2. The van der Waals surface area contributed by atoms with Crippen LogP contribution in [-0.2, 0) is 13.1 Å². The topological polar surface area (TPSA) is 29.9 Å². The van der Waals surface area contributed by atoms with Crippen LogP contribution in [0.3, 0.4) is 0 Å². The van der Waals surface area contributed by atoms with Gasteiger partial charge >= 0.3 is 0 Å². The molecule has 1 saturated carbocycles. The van der Waals surface area contributed by atoms with Crippen LogP contribution >= 0.6 is 0 Å². The maximum Gasteiger partial charge on any atom is 0.0534 e. The van der Waals surface area contributed by atoms with E-state index >= 15 is 0 Å². The number of nitrogens with one attached hydrogen (secondary N) is 1. The van der Waals surface area contributed by atoms with E-state index in [-0.39, 0.29) is 0 Å². The van der Waals surface area contributed by atoms with Crippen LogP contribution in [0.4, 0.5) is 0 Å². The Kier molecular flexibility index (Phi) is 2.87. The number of hydrogen-bond acceptors (Lipinski definition) is 2. The Bertz CT molecular complexity index is 286. The Balaban J connectivity index is 1.84. The van der Waals surface area contributed by atoms with Gasteiger partial charge in [-0.3, -0.25) is 4.68 Å². The van der Waals surface area contributed by atoms with Gasteiger partial charge in [-0.15, -0.1) is 0 Å². The molecule has 0 spiro atoms. The summed E-state index contributed by atoms with van der Waals surface area (Å²) in [4.78, 5) is 0. The van der Waals surface area contributed by atoms with Gasteiger partial charge < -0.3 is 5.32 Å². The standard InChI is InChI=1S/C11H19N3/c1-9-3-10(4-9)7-14-8-11(5-12-2)6-13-14/h6,8-10,12H,3-5,7H2,1-2H3. The number of rotatable bonds is 4. The summed E-state index contributed by atoms with van der Waals surface area (Å²) in [7, 11) is 1.96. The molecule has 1 aliphatic rings. The molecule has 0 radical (unpaired) electrons. The third-order valence-corrected chi connectivity index (χ3v) is 2.98. The van der Waals surface area contributed by atoms with Gasteiger partial charge in [0, 0.05) is 24.8 Å². The zero-order valence-electron chi connectivity index (χ0n) is 9.03. The second-order valence-electron chi connectivity index (χ2n) is 4.54. The lowest BCUT2D eigenvalue weighted by Gasteiger charge is -2.32. The zero-order valence-corrected chi connectivity index (χ0v) is 9.03. The summed E-state index contributed by atoms with van der Waals surface area (Å²) in [5.74, 6) is 1.81. The molecule has 0 unspecified atom stereocenters. The maximum absolute atomic E-state index is 4.36. The quantitative estimate of drug-likeness (QED) is 0.788. The SMILES string of the molecule is CNCc1cnn(CC2CC(C)C2)c1. The third kappa shape index (κ3) is 2.15. The van der Waals surface area contributed by atoms with E-state index < -0.39 is 0 Å². The van der Waals surface area contributed by atoms with E-state index in [0.717, 1.165) is 24.9 Å². The summed E-state index contributed by atoms with van der Waals surface area (Å²) in [5.41, 5.74) is 1.28. The Labute approximate surface area is 85.5 Å². The summed E-state index contributed by atoms with van der Waals surface area (Å²) in [5, 5.41) is 7.49. The Morgan fingerprint density at radius 2 is 2.36 bits per heavy atom. The second kappa shape index (κ2) is 4.13.